The average molecular weight is 209 g/mol. The van der Waals surface area contributed by atoms with Crippen molar-refractivity contribution in [1.29, 1.82) is 0 Å². The molecular weight excluding hydrogens is 194 g/mol. The highest BCUT2D eigenvalue weighted by atomic mass is 16.5. The first-order chi connectivity index (χ1) is 7.27. The first-order valence-corrected chi connectivity index (χ1v) is 5.20. The quantitative estimate of drug-likeness (QED) is 0.742. The minimum absolute atomic E-state index is 0.0950. The smallest absolute Gasteiger partial charge is 0.256 e. The highest BCUT2D eigenvalue weighted by Gasteiger charge is 2.18. The second-order valence-electron chi connectivity index (χ2n) is 3.81. The standard InChI is InChI=1S/C10H15N3O2/c1-7-9(6-12-15-7)10(14)13-8-3-2-4-11-5-8/h6,8,11H,2-5H2,1H3,(H,13,14). The van der Waals surface area contributed by atoms with Crippen molar-refractivity contribution in [3.63, 3.8) is 0 Å². The summed E-state index contributed by atoms with van der Waals surface area (Å²) in [5.74, 6) is 0.471. The van der Waals surface area contributed by atoms with Crippen LogP contribution < -0.4 is 10.6 Å². The van der Waals surface area contributed by atoms with Crippen molar-refractivity contribution in [2.45, 2.75) is 25.8 Å². The Morgan fingerprint density at radius 3 is 3.20 bits per heavy atom. The van der Waals surface area contributed by atoms with Gasteiger partial charge in [0.2, 0.25) is 0 Å². The fraction of sp³-hybridized carbons (Fsp3) is 0.600. The maximum absolute atomic E-state index is 11.8. The van der Waals surface area contributed by atoms with Gasteiger partial charge in [0.05, 0.1) is 6.20 Å². The van der Waals surface area contributed by atoms with E-state index < -0.39 is 0 Å². The molecule has 1 amide bonds. The van der Waals surface area contributed by atoms with Crippen molar-refractivity contribution in [2.75, 3.05) is 13.1 Å². The summed E-state index contributed by atoms with van der Waals surface area (Å²) in [6.45, 7) is 3.62. The van der Waals surface area contributed by atoms with Crippen LogP contribution in [-0.2, 0) is 0 Å². The molecule has 2 heterocycles. The Morgan fingerprint density at radius 2 is 2.60 bits per heavy atom. The SMILES string of the molecule is Cc1oncc1C(=O)NC1CCCNC1. The minimum Gasteiger partial charge on any atom is -0.361 e. The van der Waals surface area contributed by atoms with E-state index in [2.05, 4.69) is 15.8 Å². The Kier molecular flexibility index (Phi) is 3.01. The number of amides is 1. The summed E-state index contributed by atoms with van der Waals surface area (Å²) in [7, 11) is 0. The van der Waals surface area contributed by atoms with Crippen LogP contribution in [0.1, 0.15) is 29.0 Å². The lowest BCUT2D eigenvalue weighted by molar-refractivity contribution is 0.0929. The second-order valence-corrected chi connectivity index (χ2v) is 3.81. The largest absolute Gasteiger partial charge is 0.361 e. The molecular formula is C10H15N3O2. The molecule has 82 valence electrons. The van der Waals surface area contributed by atoms with Crippen LogP contribution in [0.15, 0.2) is 10.7 Å². The van der Waals surface area contributed by atoms with Gasteiger partial charge in [0, 0.05) is 12.6 Å². The summed E-state index contributed by atoms with van der Waals surface area (Å²) in [5.41, 5.74) is 0.528. The molecule has 1 aromatic heterocycles. The van der Waals surface area contributed by atoms with Crippen LogP contribution in [0.2, 0.25) is 0 Å². The third kappa shape index (κ3) is 2.36. The molecule has 0 aromatic carbocycles. The van der Waals surface area contributed by atoms with Gasteiger partial charge in [-0.2, -0.15) is 0 Å². The fourth-order valence-corrected chi connectivity index (χ4v) is 1.75. The summed E-state index contributed by atoms with van der Waals surface area (Å²) < 4.78 is 4.85. The van der Waals surface area contributed by atoms with Gasteiger partial charge in [-0.15, -0.1) is 0 Å². The molecule has 0 aliphatic carbocycles. The van der Waals surface area contributed by atoms with Crippen molar-refractivity contribution in [3.05, 3.63) is 17.5 Å². The molecule has 1 unspecified atom stereocenters. The van der Waals surface area contributed by atoms with Crippen molar-refractivity contribution in [2.24, 2.45) is 0 Å². The number of nitrogens with one attached hydrogen (secondary N) is 2. The predicted octanol–water partition coefficient (Wildman–Crippen LogP) is 0.465. The van der Waals surface area contributed by atoms with E-state index in [1.807, 2.05) is 0 Å². The Bertz CT molecular complexity index is 342. The number of piperidine rings is 1. The van der Waals surface area contributed by atoms with Crippen LogP contribution in [-0.4, -0.2) is 30.2 Å². The normalized spacial score (nSPS) is 21.3. The molecule has 1 fully saturated rings. The highest BCUT2D eigenvalue weighted by Crippen LogP contribution is 2.07. The Balaban J connectivity index is 1.94. The zero-order valence-electron chi connectivity index (χ0n) is 8.75. The van der Waals surface area contributed by atoms with E-state index in [0.717, 1.165) is 25.9 Å². The number of aromatic nitrogens is 1. The number of hydrogen-bond donors (Lipinski definition) is 2. The molecule has 15 heavy (non-hydrogen) atoms. The molecule has 0 radical (unpaired) electrons. The van der Waals surface area contributed by atoms with Gasteiger partial charge < -0.3 is 15.2 Å². The number of rotatable bonds is 2. The summed E-state index contributed by atoms with van der Waals surface area (Å²) >= 11 is 0. The van der Waals surface area contributed by atoms with E-state index in [9.17, 15) is 4.79 Å². The van der Waals surface area contributed by atoms with Gasteiger partial charge in [-0.05, 0) is 26.3 Å². The molecule has 1 aliphatic rings. The molecule has 5 heteroatoms. The van der Waals surface area contributed by atoms with E-state index in [0.29, 0.717) is 11.3 Å². The van der Waals surface area contributed by atoms with Crippen molar-refractivity contribution < 1.29 is 9.32 Å². The van der Waals surface area contributed by atoms with Gasteiger partial charge in [0.15, 0.2) is 0 Å². The topological polar surface area (TPSA) is 67.2 Å². The van der Waals surface area contributed by atoms with Gasteiger partial charge in [-0.25, -0.2) is 0 Å². The summed E-state index contributed by atoms with van der Waals surface area (Å²) in [6.07, 6.45) is 3.59. The minimum atomic E-state index is -0.0950. The summed E-state index contributed by atoms with van der Waals surface area (Å²) in [6, 6.07) is 0.223. The molecule has 5 nitrogen and oxygen atoms in total. The maximum atomic E-state index is 11.8. The summed E-state index contributed by atoms with van der Waals surface area (Å²) in [5, 5.41) is 9.79. The van der Waals surface area contributed by atoms with Gasteiger partial charge >= 0.3 is 0 Å². The molecule has 1 atom stereocenters. The maximum Gasteiger partial charge on any atom is 0.256 e. The van der Waals surface area contributed by atoms with Crippen molar-refractivity contribution >= 4 is 5.91 Å². The van der Waals surface area contributed by atoms with Gasteiger partial charge in [0.1, 0.15) is 11.3 Å². The number of hydrogen-bond acceptors (Lipinski definition) is 4. The lowest BCUT2D eigenvalue weighted by Crippen LogP contribution is -2.45. The number of nitrogens with zero attached hydrogens (tertiary/aromatic N) is 1. The van der Waals surface area contributed by atoms with Gasteiger partial charge in [-0.3, -0.25) is 4.79 Å². The predicted molar refractivity (Wildman–Crippen MR) is 54.6 cm³/mol. The Labute approximate surface area is 88.2 Å². The monoisotopic (exact) mass is 209 g/mol. The number of carbonyl (C=O) groups is 1. The lowest BCUT2D eigenvalue weighted by atomic mass is 10.1. The molecule has 2 N–H and O–H groups in total. The Hall–Kier alpha value is -1.36. The molecule has 2 rings (SSSR count). The number of carbonyl (C=O) groups excluding carboxylic acids is 1. The van der Waals surface area contributed by atoms with Crippen LogP contribution in [0.3, 0.4) is 0 Å². The molecule has 1 aliphatic heterocycles. The molecule has 1 aromatic rings. The van der Waals surface area contributed by atoms with E-state index in [1.165, 1.54) is 6.20 Å². The highest BCUT2D eigenvalue weighted by molar-refractivity contribution is 5.94. The molecule has 0 bridgehead atoms. The zero-order chi connectivity index (χ0) is 10.7. The Morgan fingerprint density at radius 1 is 1.73 bits per heavy atom. The lowest BCUT2D eigenvalue weighted by Gasteiger charge is -2.23. The van der Waals surface area contributed by atoms with E-state index in [4.69, 9.17) is 4.52 Å². The van der Waals surface area contributed by atoms with Crippen LogP contribution >= 0.6 is 0 Å². The average Bonchev–Trinajstić information content (AvgIpc) is 2.66. The van der Waals surface area contributed by atoms with Crippen molar-refractivity contribution in [1.82, 2.24) is 15.8 Å². The van der Waals surface area contributed by atoms with Crippen LogP contribution in [0.4, 0.5) is 0 Å². The third-order valence-corrected chi connectivity index (χ3v) is 2.63. The molecule has 0 saturated carbocycles. The zero-order valence-corrected chi connectivity index (χ0v) is 8.75. The summed E-state index contributed by atoms with van der Waals surface area (Å²) in [4.78, 5) is 11.8. The first-order valence-electron chi connectivity index (χ1n) is 5.20. The second kappa shape index (κ2) is 4.44. The van der Waals surface area contributed by atoms with Crippen LogP contribution in [0, 0.1) is 6.92 Å². The van der Waals surface area contributed by atoms with E-state index in [-0.39, 0.29) is 11.9 Å². The number of aryl methyl sites for hydroxylation is 1. The molecule has 1 saturated heterocycles. The third-order valence-electron chi connectivity index (χ3n) is 2.63. The van der Waals surface area contributed by atoms with Gasteiger partial charge in [0.25, 0.3) is 5.91 Å². The van der Waals surface area contributed by atoms with Crippen LogP contribution in [0.25, 0.3) is 0 Å². The van der Waals surface area contributed by atoms with Crippen molar-refractivity contribution in [3.8, 4) is 0 Å². The fourth-order valence-electron chi connectivity index (χ4n) is 1.75. The van der Waals surface area contributed by atoms with E-state index >= 15 is 0 Å². The first kappa shape index (κ1) is 10.2. The van der Waals surface area contributed by atoms with E-state index in [1.54, 1.807) is 6.92 Å². The van der Waals surface area contributed by atoms with Gasteiger partial charge in [-0.1, -0.05) is 5.16 Å². The van der Waals surface area contributed by atoms with Crippen LogP contribution in [0.5, 0.6) is 0 Å². The molecule has 0 spiro atoms.